The number of carbonyl (C=O) groups excluding carboxylic acids is 3. The Morgan fingerprint density at radius 1 is 1.10 bits per heavy atom. The molecule has 2 aromatic carbocycles. The molecule has 7 nitrogen and oxygen atoms in total. The summed E-state index contributed by atoms with van der Waals surface area (Å²) in [6.07, 6.45) is 2.76. The van der Waals surface area contributed by atoms with Gasteiger partial charge in [-0.05, 0) is 30.2 Å². The predicted octanol–water partition coefficient (Wildman–Crippen LogP) is 3.23. The van der Waals surface area contributed by atoms with Crippen molar-refractivity contribution in [3.63, 3.8) is 0 Å². The minimum Gasteiger partial charge on any atom is -0.454 e. The summed E-state index contributed by atoms with van der Waals surface area (Å²) >= 11 is 6.12. The molecule has 31 heavy (non-hydrogen) atoms. The van der Waals surface area contributed by atoms with Crippen molar-refractivity contribution in [2.24, 2.45) is 0 Å². The van der Waals surface area contributed by atoms with E-state index in [4.69, 9.17) is 16.3 Å². The molecule has 0 spiro atoms. The molecule has 1 atom stereocenters. The van der Waals surface area contributed by atoms with E-state index >= 15 is 0 Å². The van der Waals surface area contributed by atoms with E-state index in [1.807, 2.05) is 31.2 Å². The molecule has 0 radical (unpaired) electrons. The van der Waals surface area contributed by atoms with Crippen LogP contribution in [0.15, 0.2) is 54.7 Å². The molecule has 3 rings (SSSR count). The zero-order valence-corrected chi connectivity index (χ0v) is 17.9. The number of ether oxygens (including phenoxy) is 1. The molecule has 3 N–H and O–H groups in total. The van der Waals surface area contributed by atoms with Crippen LogP contribution in [0.3, 0.4) is 0 Å². The third-order valence-electron chi connectivity index (χ3n) is 4.72. The highest BCUT2D eigenvalue weighted by Gasteiger charge is 2.26. The summed E-state index contributed by atoms with van der Waals surface area (Å²) in [5.41, 5.74) is 2.01. The third kappa shape index (κ3) is 5.86. The van der Waals surface area contributed by atoms with Gasteiger partial charge in [-0.2, -0.15) is 0 Å². The number of para-hydroxylation sites is 1. The van der Waals surface area contributed by atoms with Gasteiger partial charge in [0.05, 0.1) is 10.6 Å². The number of aromatic amines is 1. The van der Waals surface area contributed by atoms with Crippen LogP contribution in [0.4, 0.5) is 0 Å². The summed E-state index contributed by atoms with van der Waals surface area (Å²) in [7, 11) is 0. The Labute approximate surface area is 185 Å². The van der Waals surface area contributed by atoms with Gasteiger partial charge in [0.1, 0.15) is 6.04 Å². The maximum absolute atomic E-state index is 12.8. The zero-order valence-electron chi connectivity index (χ0n) is 17.1. The van der Waals surface area contributed by atoms with E-state index in [1.165, 1.54) is 0 Å². The van der Waals surface area contributed by atoms with Crippen molar-refractivity contribution in [2.45, 2.75) is 25.8 Å². The van der Waals surface area contributed by atoms with Crippen LogP contribution in [0.5, 0.6) is 0 Å². The highest BCUT2D eigenvalue weighted by molar-refractivity contribution is 6.33. The Morgan fingerprint density at radius 3 is 2.61 bits per heavy atom. The van der Waals surface area contributed by atoms with Gasteiger partial charge in [-0.25, -0.2) is 4.79 Å². The fraction of sp³-hybridized carbons (Fsp3) is 0.261. The molecule has 1 heterocycles. The average Bonchev–Trinajstić information content (AvgIpc) is 3.18. The molecule has 0 bridgehead atoms. The summed E-state index contributed by atoms with van der Waals surface area (Å²) in [4.78, 5) is 40.5. The lowest BCUT2D eigenvalue weighted by atomic mass is 10.0. The number of nitrogens with one attached hydrogen (secondary N) is 3. The number of amides is 2. The third-order valence-corrected chi connectivity index (χ3v) is 5.05. The smallest absolute Gasteiger partial charge is 0.329 e. The van der Waals surface area contributed by atoms with Crippen molar-refractivity contribution in [3.05, 3.63) is 70.9 Å². The molecular formula is C23H24ClN3O4. The standard InChI is InChI=1S/C23H24ClN3O4/c1-2-11-25-21(28)14-31-23(30)20(27-22(29)17-8-3-5-9-18(17)24)12-15-13-26-19-10-6-4-7-16(15)19/h3-10,13,20,26H,2,11-12,14H2,1H3,(H,25,28)(H,27,29)/t20-/m1/s1. The average molecular weight is 442 g/mol. The first-order valence-electron chi connectivity index (χ1n) is 10.0. The van der Waals surface area contributed by atoms with E-state index in [-0.39, 0.29) is 17.0 Å². The molecule has 0 aliphatic carbocycles. The minimum absolute atomic E-state index is 0.190. The first-order valence-corrected chi connectivity index (χ1v) is 10.4. The molecule has 0 saturated heterocycles. The molecule has 8 heteroatoms. The van der Waals surface area contributed by atoms with Crippen LogP contribution in [0, 0.1) is 0 Å². The summed E-state index contributed by atoms with van der Waals surface area (Å²) in [5.74, 6) is -1.58. The monoisotopic (exact) mass is 441 g/mol. The molecule has 0 aliphatic rings. The van der Waals surface area contributed by atoms with Crippen molar-refractivity contribution >= 4 is 40.3 Å². The normalized spacial score (nSPS) is 11.7. The van der Waals surface area contributed by atoms with Gasteiger partial charge in [0.15, 0.2) is 6.61 Å². The number of aromatic nitrogens is 1. The van der Waals surface area contributed by atoms with Crippen molar-refractivity contribution in [3.8, 4) is 0 Å². The molecule has 0 aliphatic heterocycles. The number of fused-ring (bicyclic) bond motifs is 1. The second-order valence-corrected chi connectivity index (χ2v) is 7.43. The molecule has 0 saturated carbocycles. The first-order chi connectivity index (χ1) is 15.0. The van der Waals surface area contributed by atoms with E-state index in [9.17, 15) is 14.4 Å². The predicted molar refractivity (Wildman–Crippen MR) is 119 cm³/mol. The SMILES string of the molecule is CCCNC(=O)COC(=O)[C@@H](Cc1c[nH]c2ccccc12)NC(=O)c1ccccc1Cl. The quantitative estimate of drug-likeness (QED) is 0.444. The Kier molecular flexibility index (Phi) is 7.67. The minimum atomic E-state index is -0.998. The maximum atomic E-state index is 12.8. The zero-order chi connectivity index (χ0) is 22.2. The van der Waals surface area contributed by atoms with Gasteiger partial charge in [0.25, 0.3) is 11.8 Å². The number of benzene rings is 2. The van der Waals surface area contributed by atoms with Gasteiger partial charge in [-0.1, -0.05) is 48.9 Å². The first kappa shape index (κ1) is 22.4. The fourth-order valence-corrected chi connectivity index (χ4v) is 3.37. The largest absolute Gasteiger partial charge is 0.454 e. The van der Waals surface area contributed by atoms with Crippen LogP contribution < -0.4 is 10.6 Å². The molecule has 0 unspecified atom stereocenters. The number of carbonyl (C=O) groups is 3. The van der Waals surface area contributed by atoms with Gasteiger partial charge < -0.3 is 20.4 Å². The number of rotatable bonds is 9. The van der Waals surface area contributed by atoms with Crippen LogP contribution in [-0.4, -0.2) is 42.0 Å². The van der Waals surface area contributed by atoms with Gasteiger partial charge >= 0.3 is 5.97 Å². The van der Waals surface area contributed by atoms with Gasteiger partial charge in [0.2, 0.25) is 0 Å². The molecule has 0 fully saturated rings. The lowest BCUT2D eigenvalue weighted by molar-refractivity contribution is -0.150. The summed E-state index contributed by atoms with van der Waals surface area (Å²) in [5, 5.41) is 6.56. The Hall–Kier alpha value is -3.32. The molecular weight excluding hydrogens is 418 g/mol. The van der Waals surface area contributed by atoms with Crippen molar-refractivity contribution in [2.75, 3.05) is 13.2 Å². The van der Waals surface area contributed by atoms with Crippen LogP contribution in [-0.2, 0) is 20.7 Å². The van der Waals surface area contributed by atoms with Crippen molar-refractivity contribution < 1.29 is 19.1 Å². The number of H-pyrrole nitrogens is 1. The Morgan fingerprint density at radius 2 is 1.84 bits per heavy atom. The van der Waals surface area contributed by atoms with Gasteiger partial charge in [-0.3, -0.25) is 9.59 Å². The number of hydrogen-bond donors (Lipinski definition) is 3. The number of hydrogen-bond acceptors (Lipinski definition) is 4. The Balaban J connectivity index is 1.77. The van der Waals surface area contributed by atoms with Crippen LogP contribution in [0.25, 0.3) is 10.9 Å². The second kappa shape index (κ2) is 10.6. The Bertz CT molecular complexity index is 1080. The summed E-state index contributed by atoms with van der Waals surface area (Å²) in [6.45, 7) is 2.01. The maximum Gasteiger partial charge on any atom is 0.329 e. The van der Waals surface area contributed by atoms with Gasteiger partial charge in [0, 0.05) is 30.1 Å². The van der Waals surface area contributed by atoms with Crippen LogP contribution >= 0.6 is 11.6 Å². The van der Waals surface area contributed by atoms with Crippen molar-refractivity contribution in [1.29, 1.82) is 0 Å². The molecule has 3 aromatic rings. The van der Waals surface area contributed by atoms with Crippen molar-refractivity contribution in [1.82, 2.24) is 15.6 Å². The van der Waals surface area contributed by atoms with Crippen LogP contribution in [0.1, 0.15) is 29.3 Å². The summed E-state index contributed by atoms with van der Waals surface area (Å²) < 4.78 is 5.18. The lowest BCUT2D eigenvalue weighted by Gasteiger charge is -2.18. The van der Waals surface area contributed by atoms with E-state index in [0.717, 1.165) is 22.9 Å². The summed E-state index contributed by atoms with van der Waals surface area (Å²) in [6, 6.07) is 13.2. The second-order valence-electron chi connectivity index (χ2n) is 7.03. The highest BCUT2D eigenvalue weighted by Crippen LogP contribution is 2.20. The fourth-order valence-electron chi connectivity index (χ4n) is 3.15. The number of esters is 1. The topological polar surface area (TPSA) is 100 Å². The molecule has 162 valence electrons. The van der Waals surface area contributed by atoms with E-state index in [2.05, 4.69) is 15.6 Å². The molecule has 2 amide bonds. The lowest BCUT2D eigenvalue weighted by Crippen LogP contribution is -2.44. The van der Waals surface area contributed by atoms with Crippen LogP contribution in [0.2, 0.25) is 5.02 Å². The van der Waals surface area contributed by atoms with E-state index in [0.29, 0.717) is 6.54 Å². The highest BCUT2D eigenvalue weighted by atomic mass is 35.5. The molecule has 1 aromatic heterocycles. The van der Waals surface area contributed by atoms with Gasteiger partial charge in [-0.15, -0.1) is 0 Å². The van der Waals surface area contributed by atoms with E-state index in [1.54, 1.807) is 30.5 Å². The number of halogens is 1. The van der Waals surface area contributed by atoms with E-state index < -0.39 is 30.4 Å².